The van der Waals surface area contributed by atoms with Gasteiger partial charge in [0.15, 0.2) is 11.6 Å². The van der Waals surface area contributed by atoms with Crippen molar-refractivity contribution in [1.29, 1.82) is 0 Å². The number of pyridine rings is 2. The Kier molecular flexibility index (Phi) is 5.86. The van der Waals surface area contributed by atoms with Gasteiger partial charge in [0.1, 0.15) is 11.5 Å². The summed E-state index contributed by atoms with van der Waals surface area (Å²) in [4.78, 5) is 28.7. The fraction of sp³-hybridized carbons (Fsp3) is 0.350. The molecule has 0 saturated heterocycles. The fourth-order valence-electron chi connectivity index (χ4n) is 3.79. The number of anilines is 3. The lowest BCUT2D eigenvalue weighted by atomic mass is 9.91. The standard InChI is InChI=1S/C20H24FN9O2/c1-29-10-11(8-16(20(29)32)30-7-6-24-28-30)25-18-12(17(23)31)9-13(21)19(27-18)26-15-5-3-2-4-14(15)22/h6-10,14-15H,2-5,22H2,1H3,(H2,23,31)(H2,25,26,27). The van der Waals surface area contributed by atoms with Crippen LogP contribution >= 0.6 is 0 Å². The summed E-state index contributed by atoms with van der Waals surface area (Å²) in [6, 6.07) is 2.31. The maximum atomic E-state index is 14.7. The molecule has 1 aliphatic carbocycles. The molecule has 0 bridgehead atoms. The van der Waals surface area contributed by atoms with E-state index in [4.69, 9.17) is 11.5 Å². The summed E-state index contributed by atoms with van der Waals surface area (Å²) in [6.07, 6.45) is 8.14. The quantitative estimate of drug-likeness (QED) is 0.441. The van der Waals surface area contributed by atoms with Gasteiger partial charge in [-0.15, -0.1) is 5.10 Å². The van der Waals surface area contributed by atoms with E-state index in [-0.39, 0.29) is 40.5 Å². The summed E-state index contributed by atoms with van der Waals surface area (Å²) in [5.41, 5.74) is 11.8. The van der Waals surface area contributed by atoms with Crippen molar-refractivity contribution in [2.45, 2.75) is 37.8 Å². The van der Waals surface area contributed by atoms with E-state index < -0.39 is 11.7 Å². The van der Waals surface area contributed by atoms with E-state index in [2.05, 4.69) is 25.9 Å². The van der Waals surface area contributed by atoms with Gasteiger partial charge in [-0.3, -0.25) is 9.59 Å². The maximum absolute atomic E-state index is 14.7. The van der Waals surface area contributed by atoms with E-state index in [1.54, 1.807) is 7.05 Å². The number of nitrogens with zero attached hydrogens (tertiary/aromatic N) is 5. The summed E-state index contributed by atoms with van der Waals surface area (Å²) in [5, 5.41) is 13.6. The van der Waals surface area contributed by atoms with Gasteiger partial charge in [0.2, 0.25) is 0 Å². The summed E-state index contributed by atoms with van der Waals surface area (Å²) in [6.45, 7) is 0. The van der Waals surface area contributed by atoms with Crippen molar-refractivity contribution in [1.82, 2.24) is 24.5 Å². The van der Waals surface area contributed by atoms with E-state index in [9.17, 15) is 14.0 Å². The smallest absolute Gasteiger partial charge is 0.276 e. The number of carbonyl (C=O) groups excluding carboxylic acids is 1. The Morgan fingerprint density at radius 2 is 2.03 bits per heavy atom. The van der Waals surface area contributed by atoms with Gasteiger partial charge >= 0.3 is 0 Å². The number of aromatic nitrogens is 5. The Labute approximate surface area is 182 Å². The van der Waals surface area contributed by atoms with Crippen LogP contribution in [0.4, 0.5) is 21.7 Å². The Morgan fingerprint density at radius 1 is 1.25 bits per heavy atom. The van der Waals surface area contributed by atoms with Crippen molar-refractivity contribution in [2.24, 2.45) is 18.5 Å². The molecule has 32 heavy (non-hydrogen) atoms. The van der Waals surface area contributed by atoms with Gasteiger partial charge in [0, 0.05) is 25.3 Å². The molecule has 4 rings (SSSR count). The molecular weight excluding hydrogens is 417 g/mol. The number of primary amides is 1. The molecule has 0 spiro atoms. The van der Waals surface area contributed by atoms with Crippen LogP contribution in [0.5, 0.6) is 0 Å². The molecule has 3 aromatic rings. The predicted octanol–water partition coefficient (Wildman–Crippen LogP) is 1.02. The van der Waals surface area contributed by atoms with E-state index in [0.717, 1.165) is 31.7 Å². The minimum atomic E-state index is -0.846. The van der Waals surface area contributed by atoms with Crippen LogP contribution in [0.2, 0.25) is 0 Å². The molecule has 1 aliphatic rings. The number of hydrogen-bond donors (Lipinski definition) is 4. The molecule has 3 heterocycles. The van der Waals surface area contributed by atoms with Gasteiger partial charge in [-0.1, -0.05) is 18.1 Å². The summed E-state index contributed by atoms with van der Waals surface area (Å²) in [5.74, 6) is -1.53. The number of nitrogens with two attached hydrogens (primary N) is 2. The molecule has 3 aromatic heterocycles. The minimum Gasteiger partial charge on any atom is -0.365 e. The van der Waals surface area contributed by atoms with Crippen LogP contribution in [0.25, 0.3) is 5.69 Å². The average Bonchev–Trinajstić information content (AvgIpc) is 3.28. The molecule has 1 fully saturated rings. The van der Waals surface area contributed by atoms with Crippen molar-refractivity contribution in [3.63, 3.8) is 0 Å². The predicted molar refractivity (Wildman–Crippen MR) is 116 cm³/mol. The molecule has 11 nitrogen and oxygen atoms in total. The van der Waals surface area contributed by atoms with Gasteiger partial charge < -0.3 is 26.7 Å². The highest BCUT2D eigenvalue weighted by Crippen LogP contribution is 2.27. The monoisotopic (exact) mass is 441 g/mol. The molecule has 6 N–H and O–H groups in total. The first kappa shape index (κ1) is 21.4. The summed E-state index contributed by atoms with van der Waals surface area (Å²) >= 11 is 0. The Bertz CT molecular complexity index is 1190. The van der Waals surface area contributed by atoms with Crippen LogP contribution in [0.15, 0.2) is 35.5 Å². The van der Waals surface area contributed by atoms with Crippen LogP contribution in [0, 0.1) is 5.82 Å². The second-order valence-corrected chi connectivity index (χ2v) is 7.78. The first-order chi connectivity index (χ1) is 15.3. The second-order valence-electron chi connectivity index (χ2n) is 7.78. The van der Waals surface area contributed by atoms with Gasteiger partial charge in [-0.2, -0.15) is 0 Å². The summed E-state index contributed by atoms with van der Waals surface area (Å²) < 4.78 is 17.4. The van der Waals surface area contributed by atoms with Crippen LogP contribution in [-0.2, 0) is 7.05 Å². The third-order valence-corrected chi connectivity index (χ3v) is 5.48. The topological polar surface area (TPSA) is 159 Å². The number of rotatable bonds is 6. The number of aryl methyl sites for hydroxylation is 1. The zero-order chi connectivity index (χ0) is 22.8. The van der Waals surface area contributed by atoms with E-state index in [1.165, 1.54) is 33.9 Å². The maximum Gasteiger partial charge on any atom is 0.276 e. The van der Waals surface area contributed by atoms with E-state index in [0.29, 0.717) is 5.69 Å². The highest BCUT2D eigenvalue weighted by Gasteiger charge is 2.24. The molecule has 1 saturated carbocycles. The van der Waals surface area contributed by atoms with Gasteiger partial charge in [0.05, 0.1) is 23.6 Å². The minimum absolute atomic E-state index is 0.0267. The number of halogens is 1. The lowest BCUT2D eigenvalue weighted by Crippen LogP contribution is -2.43. The average molecular weight is 441 g/mol. The van der Waals surface area contributed by atoms with Gasteiger partial charge in [-0.25, -0.2) is 14.1 Å². The zero-order valence-electron chi connectivity index (χ0n) is 17.5. The first-order valence-electron chi connectivity index (χ1n) is 10.2. The lowest BCUT2D eigenvalue weighted by molar-refractivity contribution is 0.100. The Hall–Kier alpha value is -3.80. The SMILES string of the molecule is Cn1cc(Nc2nc(NC3CCCCC3N)c(F)cc2C(N)=O)cc(-n2ccnn2)c1=O. The second kappa shape index (κ2) is 8.75. The van der Waals surface area contributed by atoms with Crippen molar-refractivity contribution >= 4 is 23.2 Å². The van der Waals surface area contributed by atoms with Crippen LogP contribution < -0.4 is 27.7 Å². The van der Waals surface area contributed by atoms with Crippen molar-refractivity contribution in [3.8, 4) is 5.69 Å². The van der Waals surface area contributed by atoms with E-state index in [1.807, 2.05) is 0 Å². The lowest BCUT2D eigenvalue weighted by Gasteiger charge is -2.30. The fourth-order valence-corrected chi connectivity index (χ4v) is 3.79. The third-order valence-electron chi connectivity index (χ3n) is 5.48. The number of carbonyl (C=O) groups is 1. The van der Waals surface area contributed by atoms with Crippen molar-refractivity contribution in [2.75, 3.05) is 10.6 Å². The summed E-state index contributed by atoms with van der Waals surface area (Å²) in [7, 11) is 1.57. The molecule has 2 unspecified atom stereocenters. The number of hydrogen-bond acceptors (Lipinski definition) is 8. The number of nitrogens with one attached hydrogen (secondary N) is 2. The molecule has 0 aliphatic heterocycles. The molecule has 0 radical (unpaired) electrons. The molecule has 2 atom stereocenters. The largest absolute Gasteiger partial charge is 0.365 e. The van der Waals surface area contributed by atoms with Gasteiger partial charge in [-0.05, 0) is 25.0 Å². The van der Waals surface area contributed by atoms with Gasteiger partial charge in [0.25, 0.3) is 11.5 Å². The highest BCUT2D eigenvalue weighted by molar-refractivity contribution is 5.98. The van der Waals surface area contributed by atoms with Crippen LogP contribution in [0.3, 0.4) is 0 Å². The van der Waals surface area contributed by atoms with Crippen LogP contribution in [0.1, 0.15) is 36.0 Å². The zero-order valence-corrected chi connectivity index (χ0v) is 17.5. The molecule has 12 heteroatoms. The first-order valence-corrected chi connectivity index (χ1v) is 10.2. The third kappa shape index (κ3) is 4.30. The van der Waals surface area contributed by atoms with E-state index >= 15 is 0 Å². The van der Waals surface area contributed by atoms with Crippen molar-refractivity contribution in [3.05, 3.63) is 52.5 Å². The molecular formula is C20H24FN9O2. The molecule has 168 valence electrons. The molecule has 0 aromatic carbocycles. The molecule has 1 amide bonds. The Morgan fingerprint density at radius 3 is 2.72 bits per heavy atom. The number of amides is 1. The van der Waals surface area contributed by atoms with Crippen LogP contribution in [-0.4, -0.2) is 42.5 Å². The normalized spacial score (nSPS) is 18.3. The van der Waals surface area contributed by atoms with Crippen molar-refractivity contribution < 1.29 is 9.18 Å². The Balaban J connectivity index is 1.71. The highest BCUT2D eigenvalue weighted by atomic mass is 19.1.